The summed E-state index contributed by atoms with van der Waals surface area (Å²) < 4.78 is 16.8. The average Bonchev–Trinajstić information content (AvgIpc) is 3.37. The number of hydrogen-bond donors (Lipinski definition) is 0. The standard InChI is InChI=1S/C65H112O6/c1-4-7-10-13-16-19-22-24-26-27-28-29-30-31-32-33-34-35-36-37-38-39-40-42-43-46-49-52-55-58-64(67)70-61-62(60-69-63(66)57-54-51-48-45-21-18-15-12-9-6-3)71-65(68)59-56-53-50-47-44-41-25-23-20-17-14-11-8-5-2/h7,10,12,15-16,19,24,26,28-29,31-32,34-35,62H,4-6,8-9,11,13-14,17-18,20-23,25,27,30,33,36-61H2,1-3H3/b10-7-,15-12-,19-16-,26-24-,29-28-,32-31-,35-34-. The van der Waals surface area contributed by atoms with Crippen molar-refractivity contribution in [2.45, 2.75) is 297 Å². The van der Waals surface area contributed by atoms with Crippen LogP contribution in [-0.4, -0.2) is 37.2 Å². The van der Waals surface area contributed by atoms with Crippen molar-refractivity contribution < 1.29 is 28.6 Å². The lowest BCUT2D eigenvalue weighted by molar-refractivity contribution is -0.167. The molecule has 0 radical (unpaired) electrons. The van der Waals surface area contributed by atoms with E-state index in [1.807, 2.05) is 0 Å². The maximum atomic E-state index is 12.8. The van der Waals surface area contributed by atoms with Crippen LogP contribution in [0.3, 0.4) is 0 Å². The Balaban J connectivity index is 4.19. The van der Waals surface area contributed by atoms with E-state index in [0.717, 1.165) is 109 Å². The number of hydrogen-bond acceptors (Lipinski definition) is 6. The number of esters is 3. The van der Waals surface area contributed by atoms with Gasteiger partial charge >= 0.3 is 17.9 Å². The zero-order valence-corrected chi connectivity index (χ0v) is 46.7. The molecule has 0 aromatic carbocycles. The summed E-state index contributed by atoms with van der Waals surface area (Å²) in [6.45, 7) is 6.47. The predicted octanol–water partition coefficient (Wildman–Crippen LogP) is 20.3. The molecule has 0 spiro atoms. The number of unbranched alkanes of at least 4 members (excludes halogenated alkanes) is 29. The van der Waals surface area contributed by atoms with E-state index >= 15 is 0 Å². The fourth-order valence-corrected chi connectivity index (χ4v) is 8.39. The van der Waals surface area contributed by atoms with Crippen molar-refractivity contribution in [1.82, 2.24) is 0 Å². The minimum atomic E-state index is -0.778. The summed E-state index contributed by atoms with van der Waals surface area (Å²) in [6, 6.07) is 0. The Morgan fingerprint density at radius 3 is 0.930 bits per heavy atom. The fraction of sp³-hybridized carbons (Fsp3) is 0.738. The molecule has 1 unspecified atom stereocenters. The molecule has 0 aromatic rings. The summed E-state index contributed by atoms with van der Waals surface area (Å²) in [5.41, 5.74) is 0. The van der Waals surface area contributed by atoms with Crippen LogP contribution in [-0.2, 0) is 28.6 Å². The highest BCUT2D eigenvalue weighted by Gasteiger charge is 2.19. The van der Waals surface area contributed by atoms with E-state index in [4.69, 9.17) is 14.2 Å². The first kappa shape index (κ1) is 67.6. The van der Waals surface area contributed by atoms with Gasteiger partial charge in [0.15, 0.2) is 6.10 Å². The molecule has 408 valence electrons. The van der Waals surface area contributed by atoms with E-state index in [0.29, 0.717) is 19.3 Å². The third-order valence-corrected chi connectivity index (χ3v) is 12.9. The largest absolute Gasteiger partial charge is 0.462 e. The summed E-state index contributed by atoms with van der Waals surface area (Å²) in [7, 11) is 0. The van der Waals surface area contributed by atoms with Gasteiger partial charge in [-0.1, -0.05) is 266 Å². The number of carbonyl (C=O) groups excluding carboxylic acids is 3. The molecule has 0 saturated carbocycles. The molecule has 71 heavy (non-hydrogen) atoms. The third kappa shape index (κ3) is 57.4. The van der Waals surface area contributed by atoms with Crippen LogP contribution in [0.4, 0.5) is 0 Å². The molecule has 0 rings (SSSR count). The Morgan fingerprint density at radius 1 is 0.296 bits per heavy atom. The van der Waals surface area contributed by atoms with E-state index < -0.39 is 6.10 Å². The van der Waals surface area contributed by atoms with Gasteiger partial charge in [0.25, 0.3) is 0 Å². The van der Waals surface area contributed by atoms with Gasteiger partial charge in [0.1, 0.15) is 13.2 Å². The number of rotatable bonds is 54. The van der Waals surface area contributed by atoms with E-state index in [1.54, 1.807) is 0 Å². The smallest absolute Gasteiger partial charge is 0.306 e. The Kier molecular flexibility index (Phi) is 56.3. The van der Waals surface area contributed by atoms with Crippen molar-refractivity contribution in [3.63, 3.8) is 0 Å². The van der Waals surface area contributed by atoms with Crippen LogP contribution in [0, 0.1) is 0 Å². The van der Waals surface area contributed by atoms with E-state index in [9.17, 15) is 14.4 Å². The van der Waals surface area contributed by atoms with Gasteiger partial charge in [-0.15, -0.1) is 0 Å². The molecule has 6 nitrogen and oxygen atoms in total. The molecular weight excluding hydrogens is 877 g/mol. The molecule has 0 saturated heterocycles. The topological polar surface area (TPSA) is 78.9 Å². The molecule has 1 atom stereocenters. The molecule has 0 aliphatic heterocycles. The summed E-state index contributed by atoms with van der Waals surface area (Å²) in [5, 5.41) is 0. The third-order valence-electron chi connectivity index (χ3n) is 12.9. The molecule has 0 aliphatic rings. The Bertz CT molecular complexity index is 1370. The van der Waals surface area contributed by atoms with Gasteiger partial charge < -0.3 is 14.2 Å². The highest BCUT2D eigenvalue weighted by atomic mass is 16.6. The summed E-state index contributed by atoms with van der Waals surface area (Å²) in [6.07, 6.45) is 77.3. The van der Waals surface area contributed by atoms with Crippen molar-refractivity contribution in [2.24, 2.45) is 0 Å². The lowest BCUT2D eigenvalue weighted by Crippen LogP contribution is -2.30. The molecule has 0 aliphatic carbocycles. The van der Waals surface area contributed by atoms with Gasteiger partial charge in [0, 0.05) is 19.3 Å². The van der Waals surface area contributed by atoms with Crippen LogP contribution in [0.2, 0.25) is 0 Å². The molecule has 6 heteroatoms. The van der Waals surface area contributed by atoms with Gasteiger partial charge in [-0.2, -0.15) is 0 Å². The van der Waals surface area contributed by atoms with Crippen molar-refractivity contribution in [2.75, 3.05) is 13.2 Å². The normalized spacial score (nSPS) is 12.7. The van der Waals surface area contributed by atoms with Gasteiger partial charge in [-0.3, -0.25) is 14.4 Å². The van der Waals surface area contributed by atoms with Crippen molar-refractivity contribution >= 4 is 17.9 Å². The second-order valence-electron chi connectivity index (χ2n) is 19.9. The lowest BCUT2D eigenvalue weighted by atomic mass is 10.0. The van der Waals surface area contributed by atoms with Crippen molar-refractivity contribution in [3.8, 4) is 0 Å². The zero-order chi connectivity index (χ0) is 51.4. The predicted molar refractivity (Wildman–Crippen MR) is 307 cm³/mol. The summed E-state index contributed by atoms with van der Waals surface area (Å²) in [4.78, 5) is 38.1. The lowest BCUT2D eigenvalue weighted by Gasteiger charge is -2.18. The van der Waals surface area contributed by atoms with Crippen molar-refractivity contribution in [1.29, 1.82) is 0 Å². The van der Waals surface area contributed by atoms with E-state index in [-0.39, 0.29) is 31.1 Å². The monoisotopic (exact) mass is 989 g/mol. The second-order valence-corrected chi connectivity index (χ2v) is 19.9. The van der Waals surface area contributed by atoms with Crippen LogP contribution >= 0.6 is 0 Å². The Labute approximate surface area is 439 Å². The first-order chi connectivity index (χ1) is 35.0. The van der Waals surface area contributed by atoms with Crippen LogP contribution in [0.5, 0.6) is 0 Å². The van der Waals surface area contributed by atoms with Crippen LogP contribution in [0.1, 0.15) is 290 Å². The van der Waals surface area contributed by atoms with E-state index in [2.05, 4.69) is 106 Å². The number of ether oxygens (including phenoxy) is 3. The van der Waals surface area contributed by atoms with Crippen LogP contribution in [0.25, 0.3) is 0 Å². The van der Waals surface area contributed by atoms with Gasteiger partial charge in [-0.25, -0.2) is 0 Å². The number of carbonyl (C=O) groups is 3. The maximum Gasteiger partial charge on any atom is 0.306 e. The summed E-state index contributed by atoms with van der Waals surface area (Å²) >= 11 is 0. The first-order valence-corrected chi connectivity index (χ1v) is 30.1. The molecule has 0 aromatic heterocycles. The molecule has 0 heterocycles. The average molecular weight is 990 g/mol. The van der Waals surface area contributed by atoms with Gasteiger partial charge in [-0.05, 0) is 89.9 Å². The molecule has 0 amide bonds. The minimum absolute atomic E-state index is 0.0787. The molecule has 0 fully saturated rings. The quantitative estimate of drug-likeness (QED) is 0.0261. The van der Waals surface area contributed by atoms with Gasteiger partial charge in [0.2, 0.25) is 0 Å². The minimum Gasteiger partial charge on any atom is -0.462 e. The SMILES string of the molecule is CC/C=C\C/C=C\C/C=C\C/C=C\C/C=C\C/C=C\CCCCCCCCCCCCC(=O)OCC(COC(=O)CCCCCCC/C=C\CCC)OC(=O)CCCCCCCCCCCCCCCC. The molecule has 0 N–H and O–H groups in total. The zero-order valence-electron chi connectivity index (χ0n) is 46.7. The molecular formula is C65H112O6. The number of allylic oxidation sites excluding steroid dienone is 14. The second kappa shape index (κ2) is 59.2. The first-order valence-electron chi connectivity index (χ1n) is 30.1. The maximum absolute atomic E-state index is 12.8. The summed E-state index contributed by atoms with van der Waals surface area (Å²) in [5.74, 6) is -0.885. The highest BCUT2D eigenvalue weighted by Crippen LogP contribution is 2.16. The fourth-order valence-electron chi connectivity index (χ4n) is 8.39. The Morgan fingerprint density at radius 2 is 0.577 bits per heavy atom. The van der Waals surface area contributed by atoms with Crippen LogP contribution < -0.4 is 0 Å². The van der Waals surface area contributed by atoms with Crippen LogP contribution in [0.15, 0.2) is 85.1 Å². The van der Waals surface area contributed by atoms with Gasteiger partial charge in [0.05, 0.1) is 0 Å². The van der Waals surface area contributed by atoms with E-state index in [1.165, 1.54) is 141 Å². The Hall–Kier alpha value is -3.41. The van der Waals surface area contributed by atoms with Crippen molar-refractivity contribution in [3.05, 3.63) is 85.1 Å². The highest BCUT2D eigenvalue weighted by molar-refractivity contribution is 5.71. The molecule has 0 bridgehead atoms.